The topological polar surface area (TPSA) is 90.5 Å². The molecule has 0 unspecified atom stereocenters. The maximum absolute atomic E-state index is 14.2. The number of benzene rings is 2. The van der Waals surface area contributed by atoms with E-state index in [2.05, 4.69) is 36.7 Å². The zero-order valence-corrected chi connectivity index (χ0v) is 24.1. The van der Waals surface area contributed by atoms with E-state index in [0.717, 1.165) is 5.56 Å². The molecule has 0 aromatic heterocycles. The summed E-state index contributed by atoms with van der Waals surface area (Å²) in [7, 11) is 0. The van der Waals surface area contributed by atoms with Crippen LogP contribution in [0.5, 0.6) is 0 Å². The molecule has 38 heavy (non-hydrogen) atoms. The van der Waals surface area contributed by atoms with Gasteiger partial charge >= 0.3 is 0 Å². The lowest BCUT2D eigenvalue weighted by molar-refractivity contribution is -0.124. The van der Waals surface area contributed by atoms with Crippen LogP contribution in [-0.2, 0) is 15.0 Å². The highest BCUT2D eigenvalue weighted by atomic mass is 35.5. The summed E-state index contributed by atoms with van der Waals surface area (Å²) < 4.78 is 0. The number of amides is 2. The van der Waals surface area contributed by atoms with Crippen LogP contribution in [0.1, 0.15) is 69.9 Å². The third kappa shape index (κ3) is 4.84. The van der Waals surface area contributed by atoms with Gasteiger partial charge in [-0.15, -0.1) is 0 Å². The molecule has 1 saturated carbocycles. The highest BCUT2D eigenvalue weighted by Gasteiger charge is 2.66. The van der Waals surface area contributed by atoms with Crippen molar-refractivity contribution in [1.82, 2.24) is 10.6 Å². The van der Waals surface area contributed by atoms with E-state index in [0.29, 0.717) is 58.4 Å². The third-order valence-electron chi connectivity index (χ3n) is 8.26. The molecule has 2 aromatic rings. The first-order valence-corrected chi connectivity index (χ1v) is 14.3. The molecule has 1 saturated heterocycles. The highest BCUT2D eigenvalue weighted by molar-refractivity contribution is 6.42. The molecule has 4 atom stereocenters. The number of anilines is 1. The van der Waals surface area contributed by atoms with Gasteiger partial charge in [-0.25, -0.2) is 0 Å². The van der Waals surface area contributed by atoms with Crippen molar-refractivity contribution in [1.29, 1.82) is 0 Å². The Bertz CT molecular complexity index is 1260. The fraction of sp³-hybridized carbons (Fsp3) is 0.517. The Kier molecular flexibility index (Phi) is 7.51. The number of carbonyl (C=O) groups is 2. The molecule has 1 aliphatic carbocycles. The van der Waals surface area contributed by atoms with Crippen molar-refractivity contribution in [3.63, 3.8) is 0 Å². The molecule has 204 valence electrons. The first-order chi connectivity index (χ1) is 17.9. The molecule has 2 aliphatic heterocycles. The first kappa shape index (κ1) is 27.7. The Labute approximate surface area is 238 Å². The second-order valence-corrected chi connectivity index (χ2v) is 13.3. The lowest BCUT2D eigenvalue weighted by atomic mass is 9.62. The van der Waals surface area contributed by atoms with Gasteiger partial charge in [-0.1, -0.05) is 73.8 Å². The summed E-state index contributed by atoms with van der Waals surface area (Å²) in [5.74, 6) is -0.996. The van der Waals surface area contributed by atoms with Crippen molar-refractivity contribution >= 4 is 52.3 Å². The maximum Gasteiger partial charge on any atom is 0.238 e. The molecular weight excluding hydrogens is 545 g/mol. The zero-order valence-electron chi connectivity index (χ0n) is 21.8. The number of hydrogen-bond acceptors (Lipinski definition) is 4. The van der Waals surface area contributed by atoms with Gasteiger partial charge in [0.1, 0.15) is 5.41 Å². The maximum atomic E-state index is 14.2. The van der Waals surface area contributed by atoms with Crippen molar-refractivity contribution < 1.29 is 14.7 Å². The van der Waals surface area contributed by atoms with Gasteiger partial charge in [-0.05, 0) is 66.8 Å². The molecule has 0 bridgehead atoms. The van der Waals surface area contributed by atoms with Gasteiger partial charge in [0.25, 0.3) is 0 Å². The van der Waals surface area contributed by atoms with Crippen molar-refractivity contribution in [2.75, 3.05) is 5.32 Å². The Morgan fingerprint density at radius 3 is 2.50 bits per heavy atom. The van der Waals surface area contributed by atoms with E-state index in [1.54, 1.807) is 24.3 Å². The molecule has 1 spiro atoms. The summed E-state index contributed by atoms with van der Waals surface area (Å²) in [6, 6.07) is 9.67. The number of nitrogens with one attached hydrogen (secondary N) is 3. The summed E-state index contributed by atoms with van der Waals surface area (Å²) >= 11 is 19.6. The average molecular weight is 579 g/mol. The van der Waals surface area contributed by atoms with E-state index in [1.807, 2.05) is 12.1 Å². The molecule has 2 aromatic carbocycles. The van der Waals surface area contributed by atoms with E-state index in [9.17, 15) is 14.7 Å². The van der Waals surface area contributed by atoms with Gasteiger partial charge in [0.15, 0.2) is 0 Å². The zero-order chi connectivity index (χ0) is 27.4. The number of aliphatic hydroxyl groups excluding tert-OH is 1. The minimum absolute atomic E-state index is 0.0377. The minimum Gasteiger partial charge on any atom is -0.393 e. The lowest BCUT2D eigenvalue weighted by Crippen LogP contribution is -2.49. The van der Waals surface area contributed by atoms with Crippen LogP contribution >= 0.6 is 34.8 Å². The highest BCUT2D eigenvalue weighted by Crippen LogP contribution is 2.57. The van der Waals surface area contributed by atoms with Crippen molar-refractivity contribution in [3.8, 4) is 0 Å². The van der Waals surface area contributed by atoms with Gasteiger partial charge in [0.05, 0.1) is 22.2 Å². The van der Waals surface area contributed by atoms with Crippen molar-refractivity contribution in [3.05, 3.63) is 62.6 Å². The van der Waals surface area contributed by atoms with E-state index in [-0.39, 0.29) is 35.4 Å². The molecule has 3 aliphatic rings. The average Bonchev–Trinajstić information content (AvgIpc) is 3.31. The van der Waals surface area contributed by atoms with Crippen LogP contribution < -0.4 is 16.0 Å². The van der Waals surface area contributed by atoms with Gasteiger partial charge < -0.3 is 21.1 Å². The number of aliphatic hydroxyl groups is 1. The predicted molar refractivity (Wildman–Crippen MR) is 152 cm³/mol. The van der Waals surface area contributed by atoms with Gasteiger partial charge in [-0.3, -0.25) is 9.59 Å². The van der Waals surface area contributed by atoms with Crippen LogP contribution in [0, 0.1) is 5.41 Å². The smallest absolute Gasteiger partial charge is 0.238 e. The second kappa shape index (κ2) is 10.3. The summed E-state index contributed by atoms with van der Waals surface area (Å²) in [6.07, 6.45) is 3.03. The standard InChI is InChI=1S/C29H34Cl3N3O3/c1-28(2,3)14-22-29(19-12-7-15(30)13-21(19)34-27(29)38)23(18-5-4-6-20(31)24(18)32)25(35-22)26(37)33-16-8-10-17(36)11-9-16/h4-7,12-13,16-17,22-23,25,35-36H,8-11,14H2,1-3H3,(H,33,37)(H,34,38)/t16?,17?,22-,23+,25-,29+/m1/s1. The molecular formula is C29H34Cl3N3O3. The quantitative estimate of drug-likeness (QED) is 0.368. The number of halogens is 3. The van der Waals surface area contributed by atoms with Crippen LogP contribution in [0.15, 0.2) is 36.4 Å². The Morgan fingerprint density at radius 1 is 1.11 bits per heavy atom. The summed E-state index contributed by atoms with van der Waals surface area (Å²) in [5, 5.41) is 21.0. The first-order valence-electron chi connectivity index (χ1n) is 13.2. The molecule has 9 heteroatoms. The van der Waals surface area contributed by atoms with Crippen LogP contribution in [-0.4, -0.2) is 41.2 Å². The number of rotatable bonds is 4. The number of carbonyl (C=O) groups excluding carboxylic acids is 2. The summed E-state index contributed by atoms with van der Waals surface area (Å²) in [6.45, 7) is 6.38. The van der Waals surface area contributed by atoms with Gasteiger partial charge in [0.2, 0.25) is 11.8 Å². The minimum atomic E-state index is -1.12. The Balaban J connectivity index is 1.67. The van der Waals surface area contributed by atoms with E-state index < -0.39 is 17.4 Å². The molecule has 0 radical (unpaired) electrons. The second-order valence-electron chi connectivity index (χ2n) is 12.1. The fourth-order valence-electron chi connectivity index (χ4n) is 6.66. The van der Waals surface area contributed by atoms with Crippen LogP contribution in [0.2, 0.25) is 15.1 Å². The van der Waals surface area contributed by atoms with Crippen molar-refractivity contribution in [2.45, 2.75) is 88.4 Å². The van der Waals surface area contributed by atoms with Crippen LogP contribution in [0.25, 0.3) is 0 Å². The fourth-order valence-corrected chi connectivity index (χ4v) is 7.26. The number of fused-ring (bicyclic) bond motifs is 2. The lowest BCUT2D eigenvalue weighted by Gasteiger charge is -2.38. The predicted octanol–water partition coefficient (Wildman–Crippen LogP) is 5.82. The van der Waals surface area contributed by atoms with E-state index in [4.69, 9.17) is 34.8 Å². The van der Waals surface area contributed by atoms with Crippen LogP contribution in [0.4, 0.5) is 5.69 Å². The van der Waals surface area contributed by atoms with E-state index in [1.165, 1.54) is 0 Å². The molecule has 6 nitrogen and oxygen atoms in total. The largest absolute Gasteiger partial charge is 0.393 e. The summed E-state index contributed by atoms with van der Waals surface area (Å²) in [4.78, 5) is 28.2. The molecule has 2 heterocycles. The van der Waals surface area contributed by atoms with Gasteiger partial charge in [-0.2, -0.15) is 0 Å². The Hall–Kier alpha value is -1.83. The SMILES string of the molecule is CC(C)(C)C[C@H]1N[C@@H](C(=O)NC2CCC(O)CC2)[C@H](c2cccc(Cl)c2Cl)[C@@]12C(=O)Nc1cc(Cl)ccc12. The van der Waals surface area contributed by atoms with E-state index >= 15 is 0 Å². The molecule has 2 amide bonds. The van der Waals surface area contributed by atoms with Crippen LogP contribution in [0.3, 0.4) is 0 Å². The molecule has 4 N–H and O–H groups in total. The van der Waals surface area contributed by atoms with Gasteiger partial charge in [0, 0.05) is 28.7 Å². The molecule has 5 rings (SSSR count). The Morgan fingerprint density at radius 2 is 1.82 bits per heavy atom. The third-order valence-corrected chi connectivity index (χ3v) is 9.33. The summed E-state index contributed by atoms with van der Waals surface area (Å²) in [5.41, 5.74) is 0.833. The van der Waals surface area contributed by atoms with Crippen molar-refractivity contribution in [2.24, 2.45) is 5.41 Å². The normalized spacial score (nSPS) is 30.8. The number of hydrogen-bond donors (Lipinski definition) is 4. The molecule has 2 fully saturated rings. The monoisotopic (exact) mass is 577 g/mol.